The van der Waals surface area contributed by atoms with Crippen LogP contribution in [0.2, 0.25) is 0 Å². The molecule has 15 aromatic rings. The average molecular weight is 853 g/mol. The van der Waals surface area contributed by atoms with Gasteiger partial charge in [0, 0.05) is 54.3 Å². The van der Waals surface area contributed by atoms with Crippen LogP contribution in [0.5, 0.6) is 0 Å². The Morgan fingerprint density at radius 1 is 0.358 bits per heavy atom. The molecule has 15 rings (SSSR count). The molecule has 0 aliphatic heterocycles. The predicted octanol–water partition coefficient (Wildman–Crippen LogP) is 16.5. The zero-order valence-corrected chi connectivity index (χ0v) is 36.0. The first-order valence-corrected chi connectivity index (χ1v) is 22.8. The van der Waals surface area contributed by atoms with Gasteiger partial charge in [0.2, 0.25) is 5.95 Å². The SMILES string of the molecule is c1ccc(-c2nc(-n3c4ccc(-c5cc6c7ccccc7n(-c7ccccc7)c6c6oc7ccccc7c56)cc4c4c5ccccc5ccc43)nc3c4ccccc4c4ccccc4c23)cc1. The van der Waals surface area contributed by atoms with E-state index in [2.05, 4.69) is 228 Å². The smallest absolute Gasteiger partial charge is 0.235 e. The second kappa shape index (κ2) is 13.7. The number of benzene rings is 11. The van der Waals surface area contributed by atoms with E-state index in [1.54, 1.807) is 0 Å². The number of para-hydroxylation sites is 3. The molecule has 310 valence electrons. The maximum atomic E-state index is 7.00. The molecule has 11 aromatic carbocycles. The van der Waals surface area contributed by atoms with Crippen LogP contribution < -0.4 is 0 Å². The van der Waals surface area contributed by atoms with Crippen LogP contribution in [0, 0.1) is 0 Å². The van der Waals surface area contributed by atoms with Crippen molar-refractivity contribution in [2.75, 3.05) is 0 Å². The fraction of sp³-hybridized carbons (Fsp3) is 0. The first-order valence-electron chi connectivity index (χ1n) is 22.8. The third-order valence-corrected chi connectivity index (χ3v) is 14.1. The van der Waals surface area contributed by atoms with Crippen LogP contribution in [0.3, 0.4) is 0 Å². The lowest BCUT2D eigenvalue weighted by molar-refractivity contribution is 0.671. The van der Waals surface area contributed by atoms with Gasteiger partial charge in [0.15, 0.2) is 5.58 Å². The molecule has 0 saturated carbocycles. The fourth-order valence-corrected chi connectivity index (χ4v) is 11.2. The number of furan rings is 1. The molecule has 0 saturated heterocycles. The van der Waals surface area contributed by atoms with Crippen LogP contribution >= 0.6 is 0 Å². The lowest BCUT2D eigenvalue weighted by Gasteiger charge is -2.16. The van der Waals surface area contributed by atoms with E-state index in [1.807, 2.05) is 0 Å². The van der Waals surface area contributed by atoms with E-state index in [0.29, 0.717) is 5.95 Å². The van der Waals surface area contributed by atoms with Gasteiger partial charge in [0.1, 0.15) is 5.58 Å². The standard InChI is InChI=1S/C62H36N4O/c1-3-18-38(19-4-1)58-57-45-26-11-9-23-42(45)43-24-10-12-27-46(43)59(57)64-62(63-58)66-52-33-32-39(35-50(52)55-41-22-8-7-17-37(41)31-34-53(55)66)48-36-49-44-25-13-15-29-51(44)65(40-20-5-2-6-21-40)60(49)61-56(48)47-28-14-16-30-54(47)67-61/h1-36H. The van der Waals surface area contributed by atoms with Gasteiger partial charge < -0.3 is 8.98 Å². The zero-order valence-electron chi connectivity index (χ0n) is 36.0. The summed E-state index contributed by atoms with van der Waals surface area (Å²) >= 11 is 0. The molecule has 5 nitrogen and oxygen atoms in total. The molecule has 4 heterocycles. The van der Waals surface area contributed by atoms with Crippen molar-refractivity contribution in [1.29, 1.82) is 0 Å². The van der Waals surface area contributed by atoms with Gasteiger partial charge in [0.25, 0.3) is 0 Å². The predicted molar refractivity (Wildman–Crippen MR) is 279 cm³/mol. The number of hydrogen-bond acceptors (Lipinski definition) is 3. The summed E-state index contributed by atoms with van der Waals surface area (Å²) < 4.78 is 11.6. The summed E-state index contributed by atoms with van der Waals surface area (Å²) in [5, 5.41) is 14.8. The van der Waals surface area contributed by atoms with Gasteiger partial charge in [0.05, 0.1) is 33.3 Å². The Morgan fingerprint density at radius 3 is 1.81 bits per heavy atom. The van der Waals surface area contributed by atoms with Gasteiger partial charge in [-0.1, -0.05) is 170 Å². The molecule has 0 fully saturated rings. The lowest BCUT2D eigenvalue weighted by Crippen LogP contribution is -2.04. The Hall–Kier alpha value is -9.06. The highest BCUT2D eigenvalue weighted by molar-refractivity contribution is 6.29. The summed E-state index contributed by atoms with van der Waals surface area (Å²) in [4.78, 5) is 11.3. The molecule has 0 spiro atoms. The first-order chi connectivity index (χ1) is 33.3. The second-order valence-corrected chi connectivity index (χ2v) is 17.6. The Balaban J connectivity index is 1.07. The molecule has 0 amide bonds. The molecule has 0 radical (unpaired) electrons. The van der Waals surface area contributed by atoms with Crippen molar-refractivity contribution >= 4 is 109 Å². The van der Waals surface area contributed by atoms with E-state index in [1.165, 1.54) is 32.3 Å². The van der Waals surface area contributed by atoms with E-state index in [0.717, 1.165) is 105 Å². The highest BCUT2D eigenvalue weighted by Gasteiger charge is 2.25. The molecule has 0 aliphatic carbocycles. The van der Waals surface area contributed by atoms with Crippen molar-refractivity contribution in [2.45, 2.75) is 0 Å². The number of nitrogens with zero attached hydrogens (tertiary/aromatic N) is 4. The number of hydrogen-bond donors (Lipinski definition) is 0. The van der Waals surface area contributed by atoms with Gasteiger partial charge >= 0.3 is 0 Å². The van der Waals surface area contributed by atoms with Gasteiger partial charge in [-0.05, 0) is 86.6 Å². The van der Waals surface area contributed by atoms with E-state index in [-0.39, 0.29) is 0 Å². The summed E-state index contributed by atoms with van der Waals surface area (Å²) in [5.41, 5.74) is 12.2. The van der Waals surface area contributed by atoms with E-state index >= 15 is 0 Å². The van der Waals surface area contributed by atoms with Crippen molar-refractivity contribution in [1.82, 2.24) is 19.1 Å². The van der Waals surface area contributed by atoms with E-state index < -0.39 is 0 Å². The van der Waals surface area contributed by atoms with Crippen molar-refractivity contribution in [3.8, 4) is 34.0 Å². The minimum Gasteiger partial charge on any atom is -0.454 e. The Bertz CT molecular complexity index is 4560. The van der Waals surface area contributed by atoms with Crippen LogP contribution in [0.4, 0.5) is 0 Å². The summed E-state index contributed by atoms with van der Waals surface area (Å²) in [5.74, 6) is 0.633. The molecular formula is C62H36N4O. The molecule has 0 unspecified atom stereocenters. The molecule has 0 bridgehead atoms. The average Bonchev–Trinajstić information content (AvgIpc) is 4.07. The van der Waals surface area contributed by atoms with Crippen LogP contribution in [0.25, 0.3) is 143 Å². The van der Waals surface area contributed by atoms with Gasteiger partial charge in [-0.3, -0.25) is 4.57 Å². The van der Waals surface area contributed by atoms with E-state index in [4.69, 9.17) is 14.4 Å². The second-order valence-electron chi connectivity index (χ2n) is 17.6. The topological polar surface area (TPSA) is 48.8 Å². The molecule has 5 heteroatoms. The molecule has 4 aromatic heterocycles. The summed E-state index contributed by atoms with van der Waals surface area (Å²) in [7, 11) is 0. The Morgan fingerprint density at radius 2 is 0.985 bits per heavy atom. The van der Waals surface area contributed by atoms with Crippen molar-refractivity contribution in [2.24, 2.45) is 0 Å². The number of rotatable bonds is 4. The van der Waals surface area contributed by atoms with E-state index in [9.17, 15) is 0 Å². The van der Waals surface area contributed by atoms with Crippen LogP contribution in [-0.2, 0) is 0 Å². The fourth-order valence-electron chi connectivity index (χ4n) is 11.2. The van der Waals surface area contributed by atoms with Gasteiger partial charge in [-0.25, -0.2) is 9.97 Å². The summed E-state index contributed by atoms with van der Waals surface area (Å²) in [6.07, 6.45) is 0. The number of aromatic nitrogens is 4. The molecular weight excluding hydrogens is 817 g/mol. The largest absolute Gasteiger partial charge is 0.454 e. The van der Waals surface area contributed by atoms with Gasteiger partial charge in [-0.15, -0.1) is 0 Å². The minimum absolute atomic E-state index is 0.633. The maximum Gasteiger partial charge on any atom is 0.235 e. The van der Waals surface area contributed by atoms with Crippen molar-refractivity contribution in [3.63, 3.8) is 0 Å². The Labute approximate surface area is 383 Å². The highest BCUT2D eigenvalue weighted by atomic mass is 16.3. The normalized spacial score (nSPS) is 12.2. The minimum atomic E-state index is 0.633. The summed E-state index contributed by atoms with van der Waals surface area (Å²) in [6.45, 7) is 0. The monoisotopic (exact) mass is 852 g/mol. The molecule has 67 heavy (non-hydrogen) atoms. The third kappa shape index (κ3) is 5.08. The third-order valence-electron chi connectivity index (χ3n) is 14.1. The van der Waals surface area contributed by atoms with Crippen LogP contribution in [0.15, 0.2) is 223 Å². The zero-order chi connectivity index (χ0) is 43.7. The molecule has 0 aliphatic rings. The van der Waals surface area contributed by atoms with Crippen LogP contribution in [-0.4, -0.2) is 19.1 Å². The van der Waals surface area contributed by atoms with Crippen molar-refractivity contribution < 1.29 is 4.42 Å². The lowest BCUT2D eigenvalue weighted by atomic mass is 9.94. The van der Waals surface area contributed by atoms with Crippen molar-refractivity contribution in [3.05, 3.63) is 218 Å². The maximum absolute atomic E-state index is 7.00. The quantitative estimate of drug-likeness (QED) is 0.166. The number of fused-ring (bicyclic) bond motifs is 18. The summed E-state index contributed by atoms with van der Waals surface area (Å²) in [6, 6.07) is 78.2. The highest BCUT2D eigenvalue weighted by Crippen LogP contribution is 2.47. The molecule has 0 atom stereocenters. The molecule has 0 N–H and O–H groups in total. The first kappa shape index (κ1) is 36.3. The van der Waals surface area contributed by atoms with Crippen LogP contribution in [0.1, 0.15) is 0 Å². The van der Waals surface area contributed by atoms with Gasteiger partial charge in [-0.2, -0.15) is 0 Å². The Kier molecular flexibility index (Phi) is 7.44.